The predicted molar refractivity (Wildman–Crippen MR) is 307 cm³/mol. The number of furan rings is 2. The Morgan fingerprint density at radius 1 is 0.366 bits per heavy atom. The van der Waals surface area contributed by atoms with Gasteiger partial charge in [0.2, 0.25) is 0 Å². The van der Waals surface area contributed by atoms with Crippen molar-refractivity contribution in [2.75, 3.05) is 9.80 Å². The lowest BCUT2D eigenvalue weighted by atomic mass is 9.86. The SMILES string of the molecule is CC.CC.Cc1ccc(N(c2ccc3c4c2C=Cc2ccc(N(c5ccc(C)cc5)c5cccc6c5oc5c(C(C)(C)C)cccc56)c(c2C4)C=C3)c2cccc3c2oc2c(C(C)(C)C)cccc23)cc1. The Hall–Kier alpha value is -7.56. The van der Waals surface area contributed by atoms with Crippen molar-refractivity contribution >= 4 is 102 Å². The number of aryl methyl sites for hydroxylation is 2. The minimum absolute atomic E-state index is 0.0796. The summed E-state index contributed by atoms with van der Waals surface area (Å²) in [6.45, 7) is 25.8. The van der Waals surface area contributed by atoms with Gasteiger partial charge in [0.1, 0.15) is 11.2 Å². The van der Waals surface area contributed by atoms with Crippen LogP contribution < -0.4 is 9.80 Å². The zero-order valence-electron chi connectivity index (χ0n) is 43.6. The van der Waals surface area contributed by atoms with Gasteiger partial charge < -0.3 is 18.6 Å². The van der Waals surface area contributed by atoms with Crippen molar-refractivity contribution < 1.29 is 8.83 Å². The molecule has 2 aromatic heterocycles. The second-order valence-electron chi connectivity index (χ2n) is 20.7. The first-order valence-corrected chi connectivity index (χ1v) is 25.6. The highest BCUT2D eigenvalue weighted by molar-refractivity contribution is 6.13. The van der Waals surface area contributed by atoms with E-state index in [4.69, 9.17) is 8.83 Å². The molecule has 0 fully saturated rings. The first-order valence-electron chi connectivity index (χ1n) is 25.6. The molecule has 71 heavy (non-hydrogen) atoms. The molecule has 356 valence electrons. The van der Waals surface area contributed by atoms with Crippen LogP contribution in [0.4, 0.5) is 34.1 Å². The maximum Gasteiger partial charge on any atom is 0.159 e. The van der Waals surface area contributed by atoms with Crippen molar-refractivity contribution in [1.82, 2.24) is 0 Å². The Morgan fingerprint density at radius 2 is 0.718 bits per heavy atom. The summed E-state index contributed by atoms with van der Waals surface area (Å²) < 4.78 is 14.1. The molecule has 10 aromatic rings. The van der Waals surface area contributed by atoms with Crippen LogP contribution in [0, 0.1) is 13.8 Å². The largest absolute Gasteiger partial charge is 0.454 e. The zero-order valence-corrected chi connectivity index (χ0v) is 43.6. The van der Waals surface area contributed by atoms with Crippen LogP contribution in [0.1, 0.15) is 125 Å². The van der Waals surface area contributed by atoms with Gasteiger partial charge in [0.05, 0.1) is 22.7 Å². The van der Waals surface area contributed by atoms with E-state index in [1.54, 1.807) is 0 Å². The van der Waals surface area contributed by atoms with Crippen molar-refractivity contribution in [1.29, 1.82) is 0 Å². The van der Waals surface area contributed by atoms with E-state index in [1.165, 1.54) is 55.6 Å². The molecule has 0 atom stereocenters. The number of anilines is 6. The Balaban J connectivity index is 0.00000142. The van der Waals surface area contributed by atoms with E-state index in [0.717, 1.165) is 84.4 Å². The third-order valence-electron chi connectivity index (χ3n) is 14.1. The maximum absolute atomic E-state index is 7.06. The summed E-state index contributed by atoms with van der Waals surface area (Å²) in [6, 6.07) is 53.3. The number of benzene rings is 8. The number of hydrogen-bond acceptors (Lipinski definition) is 4. The topological polar surface area (TPSA) is 32.8 Å². The summed E-state index contributed by atoms with van der Waals surface area (Å²) >= 11 is 0. The van der Waals surface area contributed by atoms with Gasteiger partial charge in [-0.05, 0) is 102 Å². The fourth-order valence-electron chi connectivity index (χ4n) is 10.7. The Morgan fingerprint density at radius 3 is 1.08 bits per heavy atom. The van der Waals surface area contributed by atoms with Gasteiger partial charge in [-0.25, -0.2) is 0 Å². The molecule has 0 amide bonds. The van der Waals surface area contributed by atoms with Gasteiger partial charge in [-0.2, -0.15) is 0 Å². The lowest BCUT2D eigenvalue weighted by molar-refractivity contribution is 0.572. The predicted octanol–water partition coefficient (Wildman–Crippen LogP) is 20.2. The highest BCUT2D eigenvalue weighted by Gasteiger charge is 2.30. The Kier molecular flexibility index (Phi) is 12.2. The molecular weight excluding hydrogens is 865 g/mol. The second-order valence-corrected chi connectivity index (χ2v) is 20.7. The van der Waals surface area contributed by atoms with Crippen LogP contribution in [-0.2, 0) is 17.3 Å². The molecule has 2 bridgehead atoms. The maximum atomic E-state index is 7.06. The van der Waals surface area contributed by atoms with Crippen LogP contribution in [0.2, 0.25) is 0 Å². The standard InChI is InChI=1S/C63H54N2O2.2C2H6/c1-38-21-29-42(30-22-38)64(56-19-11-15-48-46-13-9-17-52(62(3,4)5)58(46)66-60(48)56)54-35-27-40-26-34-45-51-37-50(40)44(54)33-25-41(51)28-36-55(45)65(43-31-23-39(2)24-32-43)57-20-12-16-49-47-14-10-18-53(63(6,7)8)59(47)67-61(49)57;2*1-2/h9-36H,37H2,1-8H3;2*1-2H3. The van der Waals surface area contributed by atoms with Crippen LogP contribution in [0.5, 0.6) is 0 Å². The van der Waals surface area contributed by atoms with E-state index in [0.29, 0.717) is 0 Å². The number of nitrogens with zero attached hydrogens (tertiary/aromatic N) is 2. The van der Waals surface area contributed by atoms with E-state index in [-0.39, 0.29) is 10.8 Å². The van der Waals surface area contributed by atoms with E-state index in [2.05, 4.69) is 235 Å². The van der Waals surface area contributed by atoms with Crippen LogP contribution in [0.15, 0.2) is 154 Å². The summed E-state index contributed by atoms with van der Waals surface area (Å²) in [5, 5.41) is 4.52. The third-order valence-corrected chi connectivity index (χ3v) is 14.1. The van der Waals surface area contributed by atoms with Crippen LogP contribution in [0.3, 0.4) is 0 Å². The molecule has 2 aliphatic rings. The van der Waals surface area contributed by atoms with Gasteiger partial charge in [0.15, 0.2) is 11.2 Å². The molecule has 12 rings (SSSR count). The summed E-state index contributed by atoms with van der Waals surface area (Å²) in [7, 11) is 0. The number of rotatable bonds is 6. The number of fused-ring (bicyclic) bond motifs is 6. The Bertz CT molecular complexity index is 3450. The normalized spacial score (nSPS) is 12.6. The summed E-state index contributed by atoms with van der Waals surface area (Å²) in [4.78, 5) is 4.83. The van der Waals surface area contributed by atoms with Crippen molar-refractivity contribution in [3.8, 4) is 0 Å². The average Bonchev–Trinajstić information content (AvgIpc) is 3.80. The van der Waals surface area contributed by atoms with Crippen molar-refractivity contribution in [3.05, 3.63) is 201 Å². The van der Waals surface area contributed by atoms with Crippen molar-refractivity contribution in [2.45, 2.75) is 100 Å². The molecule has 0 aliphatic heterocycles. The fourth-order valence-corrected chi connectivity index (χ4v) is 10.7. The van der Waals surface area contributed by atoms with Crippen LogP contribution >= 0.6 is 0 Å². The Labute approximate surface area is 420 Å². The number of para-hydroxylation sites is 4. The third kappa shape index (κ3) is 8.04. The van der Waals surface area contributed by atoms with Gasteiger partial charge in [-0.3, -0.25) is 0 Å². The van der Waals surface area contributed by atoms with Gasteiger partial charge in [-0.15, -0.1) is 0 Å². The minimum Gasteiger partial charge on any atom is -0.454 e. The molecule has 0 unspecified atom stereocenters. The quantitative estimate of drug-likeness (QED) is 0.166. The molecule has 0 radical (unpaired) electrons. The summed E-state index contributed by atoms with van der Waals surface area (Å²) in [5.74, 6) is 0. The molecule has 8 aromatic carbocycles. The first-order chi connectivity index (χ1) is 34.3. The van der Waals surface area contributed by atoms with E-state index in [1.807, 2.05) is 27.7 Å². The second kappa shape index (κ2) is 18.3. The molecule has 2 heterocycles. The molecule has 0 saturated carbocycles. The molecule has 4 nitrogen and oxygen atoms in total. The van der Waals surface area contributed by atoms with Crippen LogP contribution in [-0.4, -0.2) is 0 Å². The van der Waals surface area contributed by atoms with Gasteiger partial charge in [0, 0.05) is 55.2 Å². The van der Waals surface area contributed by atoms with Gasteiger partial charge >= 0.3 is 0 Å². The minimum atomic E-state index is -0.0796. The molecule has 2 aliphatic carbocycles. The lowest BCUT2D eigenvalue weighted by Crippen LogP contribution is -2.13. The zero-order chi connectivity index (χ0) is 49.9. The molecule has 0 spiro atoms. The fraction of sp³-hybridized carbons (Fsp3) is 0.224. The lowest BCUT2D eigenvalue weighted by Gasteiger charge is -2.29. The van der Waals surface area contributed by atoms with Crippen molar-refractivity contribution in [3.63, 3.8) is 0 Å². The van der Waals surface area contributed by atoms with E-state index >= 15 is 0 Å². The van der Waals surface area contributed by atoms with Crippen LogP contribution in [0.25, 0.3) is 68.2 Å². The number of hydrogen-bond donors (Lipinski definition) is 0. The molecule has 0 N–H and O–H groups in total. The summed E-state index contributed by atoms with van der Waals surface area (Å²) in [5.41, 5.74) is 22.2. The smallest absolute Gasteiger partial charge is 0.159 e. The highest BCUT2D eigenvalue weighted by atomic mass is 16.3. The molecular formula is C67H66N2O2. The van der Waals surface area contributed by atoms with E-state index < -0.39 is 0 Å². The van der Waals surface area contributed by atoms with E-state index in [9.17, 15) is 0 Å². The monoisotopic (exact) mass is 931 g/mol. The summed E-state index contributed by atoms with van der Waals surface area (Å²) in [6.07, 6.45) is 10.1. The first kappa shape index (κ1) is 47.1. The molecule has 0 saturated heterocycles. The van der Waals surface area contributed by atoms with Gasteiger partial charge in [0.25, 0.3) is 0 Å². The van der Waals surface area contributed by atoms with Crippen molar-refractivity contribution in [2.24, 2.45) is 0 Å². The average molecular weight is 931 g/mol. The van der Waals surface area contributed by atoms with Gasteiger partial charge in [-0.1, -0.05) is 202 Å². The molecule has 4 heteroatoms. The highest BCUT2D eigenvalue weighted by Crippen LogP contribution is 2.50.